The highest BCUT2D eigenvalue weighted by Crippen LogP contribution is 2.32. The van der Waals surface area contributed by atoms with E-state index in [4.69, 9.17) is 27.6 Å². The molecule has 0 aliphatic heterocycles. The zero-order valence-electron chi connectivity index (χ0n) is 9.84. The molecule has 0 saturated carbocycles. The lowest BCUT2D eigenvalue weighted by atomic mass is 10.2. The molecule has 7 heteroatoms. The van der Waals surface area contributed by atoms with Crippen LogP contribution in [0.3, 0.4) is 0 Å². The highest BCUT2D eigenvalue weighted by molar-refractivity contribution is 6.33. The van der Waals surface area contributed by atoms with E-state index in [0.717, 1.165) is 5.56 Å². The van der Waals surface area contributed by atoms with Gasteiger partial charge in [-0.1, -0.05) is 23.2 Å². The minimum Gasteiger partial charge on any atom is -0.436 e. The molecular formula is C13H6Cl2N2O3. The predicted octanol–water partition coefficient (Wildman–Crippen LogP) is 4.71. The maximum Gasteiger partial charge on any atom is 0.291 e. The van der Waals surface area contributed by atoms with Crippen molar-refractivity contribution in [1.29, 1.82) is 0 Å². The minimum absolute atomic E-state index is 0.0263. The van der Waals surface area contributed by atoms with Crippen molar-refractivity contribution in [3.63, 3.8) is 0 Å². The van der Waals surface area contributed by atoms with Crippen LogP contribution in [0.5, 0.6) is 0 Å². The molecular weight excluding hydrogens is 303 g/mol. The zero-order valence-corrected chi connectivity index (χ0v) is 11.4. The first-order valence-corrected chi connectivity index (χ1v) is 6.30. The quantitative estimate of drug-likeness (QED) is 0.508. The third-order valence-corrected chi connectivity index (χ3v) is 3.30. The van der Waals surface area contributed by atoms with Crippen molar-refractivity contribution in [3.8, 4) is 11.5 Å². The Labute approximate surface area is 122 Å². The van der Waals surface area contributed by atoms with Crippen LogP contribution in [0.2, 0.25) is 10.0 Å². The van der Waals surface area contributed by atoms with Crippen molar-refractivity contribution in [3.05, 3.63) is 56.6 Å². The van der Waals surface area contributed by atoms with Crippen LogP contribution in [0.4, 0.5) is 5.69 Å². The van der Waals surface area contributed by atoms with Crippen molar-refractivity contribution in [2.24, 2.45) is 0 Å². The van der Waals surface area contributed by atoms with E-state index in [0.29, 0.717) is 22.0 Å². The van der Waals surface area contributed by atoms with Crippen molar-refractivity contribution < 1.29 is 9.34 Å². The van der Waals surface area contributed by atoms with Gasteiger partial charge in [0.1, 0.15) is 10.5 Å². The number of rotatable bonds is 2. The van der Waals surface area contributed by atoms with E-state index in [1.807, 2.05) is 0 Å². The highest BCUT2D eigenvalue weighted by atomic mass is 35.5. The molecule has 0 radical (unpaired) electrons. The molecule has 0 N–H and O–H groups in total. The first-order valence-electron chi connectivity index (χ1n) is 5.55. The molecule has 0 aliphatic rings. The fraction of sp³-hybridized carbons (Fsp3) is 0. The summed E-state index contributed by atoms with van der Waals surface area (Å²) < 4.78 is 5.52. The van der Waals surface area contributed by atoms with E-state index in [-0.39, 0.29) is 10.7 Å². The van der Waals surface area contributed by atoms with Crippen LogP contribution in [-0.4, -0.2) is 9.91 Å². The van der Waals surface area contributed by atoms with E-state index in [2.05, 4.69) is 4.98 Å². The monoisotopic (exact) mass is 308 g/mol. The average molecular weight is 309 g/mol. The second kappa shape index (κ2) is 4.77. The number of halogens is 2. The van der Waals surface area contributed by atoms with Gasteiger partial charge in [0.15, 0.2) is 5.58 Å². The molecule has 0 fully saturated rings. The van der Waals surface area contributed by atoms with Crippen molar-refractivity contribution in [2.45, 2.75) is 0 Å². The second-order valence-electron chi connectivity index (χ2n) is 4.05. The second-order valence-corrected chi connectivity index (χ2v) is 4.90. The van der Waals surface area contributed by atoms with E-state index in [9.17, 15) is 10.1 Å². The van der Waals surface area contributed by atoms with Gasteiger partial charge < -0.3 is 4.42 Å². The third-order valence-electron chi connectivity index (χ3n) is 2.74. The van der Waals surface area contributed by atoms with Crippen molar-refractivity contribution in [2.75, 3.05) is 0 Å². The lowest BCUT2D eigenvalue weighted by Gasteiger charge is -1.94. The Balaban J connectivity index is 2.15. The first kappa shape index (κ1) is 12.9. The van der Waals surface area contributed by atoms with Gasteiger partial charge in [-0.2, -0.15) is 0 Å². The smallest absolute Gasteiger partial charge is 0.291 e. The summed E-state index contributed by atoms with van der Waals surface area (Å²) in [5.74, 6) is 0.355. The normalized spacial score (nSPS) is 10.9. The van der Waals surface area contributed by atoms with Crippen LogP contribution >= 0.6 is 23.2 Å². The van der Waals surface area contributed by atoms with Crippen molar-refractivity contribution >= 4 is 40.0 Å². The molecule has 20 heavy (non-hydrogen) atoms. The summed E-state index contributed by atoms with van der Waals surface area (Å²) in [4.78, 5) is 14.5. The number of benzene rings is 2. The van der Waals surface area contributed by atoms with Crippen LogP contribution in [0, 0.1) is 10.1 Å². The standard InChI is InChI=1S/C13H6Cl2N2O3/c14-8-3-1-7(2-4-8)13-16-10-5-9(15)11(17(18)19)6-12(10)20-13/h1-6H. The van der Waals surface area contributed by atoms with Crippen molar-refractivity contribution in [1.82, 2.24) is 4.98 Å². The Kier molecular flexibility index (Phi) is 3.08. The molecule has 0 atom stereocenters. The van der Waals surface area contributed by atoms with Crippen LogP contribution in [0.1, 0.15) is 0 Å². The maximum atomic E-state index is 10.8. The Hall–Kier alpha value is -2.11. The van der Waals surface area contributed by atoms with Crippen LogP contribution in [-0.2, 0) is 0 Å². The van der Waals surface area contributed by atoms with Gasteiger partial charge in [-0.3, -0.25) is 10.1 Å². The Morgan fingerprint density at radius 3 is 2.50 bits per heavy atom. The van der Waals surface area contributed by atoms with Crippen LogP contribution < -0.4 is 0 Å². The number of nitro benzene ring substituents is 1. The number of aromatic nitrogens is 1. The molecule has 1 aromatic heterocycles. The lowest BCUT2D eigenvalue weighted by molar-refractivity contribution is -0.384. The minimum atomic E-state index is -0.563. The molecule has 0 aliphatic carbocycles. The zero-order chi connectivity index (χ0) is 14.3. The number of oxazole rings is 1. The molecule has 3 aromatic rings. The average Bonchev–Trinajstić information content (AvgIpc) is 2.81. The third kappa shape index (κ3) is 2.21. The summed E-state index contributed by atoms with van der Waals surface area (Å²) in [7, 11) is 0. The predicted molar refractivity (Wildman–Crippen MR) is 76.1 cm³/mol. The fourth-order valence-electron chi connectivity index (χ4n) is 1.79. The largest absolute Gasteiger partial charge is 0.436 e. The van der Waals surface area contributed by atoms with Gasteiger partial charge in [-0.05, 0) is 30.3 Å². The van der Waals surface area contributed by atoms with Crippen LogP contribution in [0.25, 0.3) is 22.6 Å². The highest BCUT2D eigenvalue weighted by Gasteiger charge is 2.17. The Bertz CT molecular complexity index is 812. The fourth-order valence-corrected chi connectivity index (χ4v) is 2.15. The summed E-state index contributed by atoms with van der Waals surface area (Å²) in [6.07, 6.45) is 0. The first-order chi connectivity index (χ1) is 9.54. The molecule has 0 saturated heterocycles. The SMILES string of the molecule is O=[N+]([O-])c1cc2oc(-c3ccc(Cl)cc3)nc2cc1Cl. The molecule has 2 aromatic carbocycles. The molecule has 0 unspecified atom stereocenters. The summed E-state index contributed by atoms with van der Waals surface area (Å²) in [5, 5.41) is 11.5. The molecule has 0 amide bonds. The number of fused-ring (bicyclic) bond motifs is 1. The summed E-state index contributed by atoms with van der Waals surface area (Å²) in [5.41, 5.74) is 1.29. The van der Waals surface area contributed by atoms with Gasteiger partial charge >= 0.3 is 0 Å². The number of hydrogen-bond acceptors (Lipinski definition) is 4. The van der Waals surface area contributed by atoms with Crippen LogP contribution in [0.15, 0.2) is 40.8 Å². The number of nitrogens with zero attached hydrogens (tertiary/aromatic N) is 2. The van der Waals surface area contributed by atoms with Gasteiger partial charge in [-0.25, -0.2) is 4.98 Å². The molecule has 3 rings (SSSR count). The maximum absolute atomic E-state index is 10.8. The summed E-state index contributed by atoms with van der Waals surface area (Å²) in [6.45, 7) is 0. The molecule has 0 spiro atoms. The Morgan fingerprint density at radius 1 is 1.15 bits per heavy atom. The molecule has 100 valence electrons. The number of hydrogen-bond donors (Lipinski definition) is 0. The van der Waals surface area contributed by atoms with E-state index >= 15 is 0 Å². The van der Waals surface area contributed by atoms with E-state index < -0.39 is 4.92 Å². The number of nitro groups is 1. The van der Waals surface area contributed by atoms with E-state index in [1.54, 1.807) is 24.3 Å². The molecule has 0 bridgehead atoms. The topological polar surface area (TPSA) is 69.2 Å². The van der Waals surface area contributed by atoms with Gasteiger partial charge in [-0.15, -0.1) is 0 Å². The Morgan fingerprint density at radius 2 is 1.85 bits per heavy atom. The summed E-state index contributed by atoms with van der Waals surface area (Å²) >= 11 is 11.6. The lowest BCUT2D eigenvalue weighted by Crippen LogP contribution is -1.88. The molecule has 1 heterocycles. The van der Waals surface area contributed by atoms with Gasteiger partial charge in [0, 0.05) is 10.6 Å². The molecule has 5 nitrogen and oxygen atoms in total. The van der Waals surface area contributed by atoms with Gasteiger partial charge in [0.2, 0.25) is 5.89 Å². The van der Waals surface area contributed by atoms with E-state index in [1.165, 1.54) is 12.1 Å². The van der Waals surface area contributed by atoms with Gasteiger partial charge in [0.05, 0.1) is 11.0 Å². The summed E-state index contributed by atoms with van der Waals surface area (Å²) in [6, 6.07) is 9.61. The van der Waals surface area contributed by atoms with Gasteiger partial charge in [0.25, 0.3) is 5.69 Å².